The zero-order valence-corrected chi connectivity index (χ0v) is 17.3. The molecule has 2 rings (SSSR count). The molecule has 0 aromatic heterocycles. The van der Waals surface area contributed by atoms with Crippen LogP contribution < -0.4 is 9.47 Å². The van der Waals surface area contributed by atoms with Gasteiger partial charge in [0.15, 0.2) is 11.5 Å². The second kappa shape index (κ2) is 11.8. The second-order valence-corrected chi connectivity index (χ2v) is 6.75. The number of carbonyl (C=O) groups is 2. The smallest absolute Gasteiger partial charge is 0.300 e. The maximum atomic E-state index is 11.4. The van der Waals surface area contributed by atoms with E-state index in [1.165, 1.54) is 14.2 Å². The quantitative estimate of drug-likeness (QED) is 0.373. The maximum absolute atomic E-state index is 11.4. The summed E-state index contributed by atoms with van der Waals surface area (Å²) < 4.78 is 10.3. The number of piperidine rings is 1. The van der Waals surface area contributed by atoms with Crippen LogP contribution in [-0.2, 0) is 9.59 Å². The molecule has 0 aliphatic carbocycles. The molecule has 1 aromatic rings. The Balaban J connectivity index is 0.000000960. The zero-order chi connectivity index (χ0) is 22.0. The highest BCUT2D eigenvalue weighted by Gasteiger charge is 2.23. The number of phenolic OH excluding ortho intramolecular Hbond substituents is 1. The van der Waals surface area contributed by atoms with Crippen molar-refractivity contribution in [1.82, 2.24) is 4.90 Å². The Morgan fingerprint density at radius 2 is 1.76 bits per heavy atom. The Morgan fingerprint density at radius 3 is 2.21 bits per heavy atom. The van der Waals surface area contributed by atoms with Crippen LogP contribution in [0, 0.1) is 5.92 Å². The number of carbonyl (C=O) groups excluding carboxylic acids is 1. The lowest BCUT2D eigenvalue weighted by Gasteiger charge is -2.31. The van der Waals surface area contributed by atoms with E-state index in [-0.39, 0.29) is 17.4 Å². The van der Waals surface area contributed by atoms with Crippen molar-refractivity contribution in [3.05, 3.63) is 17.7 Å². The van der Waals surface area contributed by atoms with E-state index < -0.39 is 5.97 Å². The molecule has 0 unspecified atom stereocenters. The fraction of sp³-hybridized carbons (Fsp3) is 0.550. The Bertz CT molecular complexity index is 722. The third kappa shape index (κ3) is 7.17. The molecule has 0 atom stereocenters. The van der Waals surface area contributed by atoms with Crippen molar-refractivity contribution in [3.8, 4) is 17.2 Å². The number of aliphatic carboxylic acids is 1. The molecule has 0 spiro atoms. The molecule has 1 heterocycles. The van der Waals surface area contributed by atoms with Gasteiger partial charge in [0.2, 0.25) is 11.7 Å². The molecular weight excluding hydrogens is 380 g/mol. The molecule has 0 bridgehead atoms. The van der Waals surface area contributed by atoms with Gasteiger partial charge in [-0.25, -0.2) is 0 Å². The summed E-state index contributed by atoms with van der Waals surface area (Å²) in [6.07, 6.45) is 3.25. The molecule has 1 amide bonds. The van der Waals surface area contributed by atoms with Crippen molar-refractivity contribution in [3.63, 3.8) is 0 Å². The zero-order valence-electron chi connectivity index (χ0n) is 17.3. The number of amides is 1. The molecular formula is C20H30N2O7. The van der Waals surface area contributed by atoms with E-state index in [1.807, 2.05) is 4.90 Å². The van der Waals surface area contributed by atoms with Crippen LogP contribution in [0.3, 0.4) is 0 Å². The van der Waals surface area contributed by atoms with Crippen LogP contribution in [-0.4, -0.2) is 65.2 Å². The molecule has 29 heavy (non-hydrogen) atoms. The number of ether oxygens (including phenoxy) is 2. The van der Waals surface area contributed by atoms with Crippen LogP contribution in [0.25, 0.3) is 0 Å². The number of aromatic hydroxyl groups is 1. The summed E-state index contributed by atoms with van der Waals surface area (Å²) in [7, 11) is 2.94. The van der Waals surface area contributed by atoms with Crippen molar-refractivity contribution in [2.75, 3.05) is 27.3 Å². The SMILES string of the molecule is CC(=O)O.COc1ccc(C(CCC2CCN(C(C)=O)CC2)=NO)c(O)c1OC. The number of phenols is 1. The fourth-order valence-electron chi connectivity index (χ4n) is 3.26. The molecule has 3 N–H and O–H groups in total. The Labute approximate surface area is 170 Å². The van der Waals surface area contributed by atoms with Crippen LogP contribution in [0.5, 0.6) is 17.2 Å². The first-order valence-electron chi connectivity index (χ1n) is 9.35. The fourth-order valence-corrected chi connectivity index (χ4v) is 3.26. The lowest BCUT2D eigenvalue weighted by atomic mass is 9.90. The number of methoxy groups -OCH3 is 2. The highest BCUT2D eigenvalue weighted by Crippen LogP contribution is 2.39. The normalized spacial score (nSPS) is 14.6. The molecule has 0 radical (unpaired) electrons. The first-order chi connectivity index (χ1) is 13.7. The van der Waals surface area contributed by atoms with E-state index in [9.17, 15) is 15.1 Å². The van der Waals surface area contributed by atoms with Gasteiger partial charge in [0.1, 0.15) is 0 Å². The van der Waals surface area contributed by atoms with Crippen molar-refractivity contribution >= 4 is 17.6 Å². The third-order valence-corrected chi connectivity index (χ3v) is 4.80. The summed E-state index contributed by atoms with van der Waals surface area (Å²) in [6, 6.07) is 3.33. The predicted octanol–water partition coefficient (Wildman–Crippen LogP) is 2.72. The second-order valence-electron chi connectivity index (χ2n) is 6.75. The van der Waals surface area contributed by atoms with Crippen LogP contribution in [0.4, 0.5) is 0 Å². The number of hydrogen-bond donors (Lipinski definition) is 3. The number of rotatable bonds is 6. The Kier molecular flexibility index (Phi) is 9.78. The predicted molar refractivity (Wildman–Crippen MR) is 107 cm³/mol. The highest BCUT2D eigenvalue weighted by atomic mass is 16.5. The van der Waals surface area contributed by atoms with Crippen molar-refractivity contribution in [1.29, 1.82) is 0 Å². The van der Waals surface area contributed by atoms with Gasteiger partial charge in [-0.1, -0.05) is 5.16 Å². The molecule has 1 fully saturated rings. The minimum atomic E-state index is -0.833. The average Bonchev–Trinajstić information content (AvgIpc) is 2.69. The van der Waals surface area contributed by atoms with Gasteiger partial charge in [0.05, 0.1) is 19.9 Å². The van der Waals surface area contributed by atoms with Gasteiger partial charge in [0.25, 0.3) is 5.97 Å². The van der Waals surface area contributed by atoms with Gasteiger partial charge in [-0.05, 0) is 43.7 Å². The Hall–Kier alpha value is -2.97. The molecule has 1 aliphatic heterocycles. The summed E-state index contributed by atoms with van der Waals surface area (Å²) in [6.45, 7) is 4.22. The molecule has 162 valence electrons. The largest absolute Gasteiger partial charge is 0.504 e. The maximum Gasteiger partial charge on any atom is 0.300 e. The van der Waals surface area contributed by atoms with E-state index >= 15 is 0 Å². The van der Waals surface area contributed by atoms with E-state index in [0.29, 0.717) is 29.4 Å². The molecule has 1 aromatic carbocycles. The van der Waals surface area contributed by atoms with Crippen LogP contribution in [0.1, 0.15) is 45.1 Å². The average molecular weight is 410 g/mol. The minimum absolute atomic E-state index is 0.0963. The number of benzene rings is 1. The molecule has 1 aliphatic rings. The number of likely N-dealkylation sites (tertiary alicyclic amines) is 1. The summed E-state index contributed by atoms with van der Waals surface area (Å²) in [5.41, 5.74) is 0.841. The monoisotopic (exact) mass is 410 g/mol. The molecule has 9 heteroatoms. The van der Waals surface area contributed by atoms with E-state index in [2.05, 4.69) is 5.16 Å². The number of carboxylic acids is 1. The number of carboxylic acid groups (broad SMARTS) is 1. The van der Waals surface area contributed by atoms with Crippen molar-refractivity contribution in [2.45, 2.75) is 39.5 Å². The Morgan fingerprint density at radius 1 is 1.17 bits per heavy atom. The first kappa shape index (κ1) is 24.1. The van der Waals surface area contributed by atoms with Crippen LogP contribution >= 0.6 is 0 Å². The van der Waals surface area contributed by atoms with Crippen LogP contribution in [0.15, 0.2) is 17.3 Å². The summed E-state index contributed by atoms with van der Waals surface area (Å²) in [5.74, 6) is 0.288. The van der Waals surface area contributed by atoms with Gasteiger partial charge in [-0.3, -0.25) is 9.59 Å². The lowest BCUT2D eigenvalue weighted by molar-refractivity contribution is -0.134. The van der Waals surface area contributed by atoms with Crippen LogP contribution in [0.2, 0.25) is 0 Å². The molecule has 9 nitrogen and oxygen atoms in total. The first-order valence-corrected chi connectivity index (χ1v) is 9.35. The summed E-state index contributed by atoms with van der Waals surface area (Å²) in [4.78, 5) is 22.2. The van der Waals surface area contributed by atoms with E-state index in [4.69, 9.17) is 19.4 Å². The number of hydrogen-bond acceptors (Lipinski definition) is 7. The third-order valence-electron chi connectivity index (χ3n) is 4.80. The van der Waals surface area contributed by atoms with E-state index in [0.717, 1.165) is 39.3 Å². The highest BCUT2D eigenvalue weighted by molar-refractivity contribution is 6.03. The van der Waals surface area contributed by atoms with E-state index in [1.54, 1.807) is 19.1 Å². The van der Waals surface area contributed by atoms with Gasteiger partial charge in [-0.15, -0.1) is 0 Å². The lowest BCUT2D eigenvalue weighted by Crippen LogP contribution is -2.37. The van der Waals surface area contributed by atoms with Gasteiger partial charge in [-0.2, -0.15) is 0 Å². The topological polar surface area (TPSA) is 129 Å². The van der Waals surface area contributed by atoms with Gasteiger partial charge >= 0.3 is 0 Å². The van der Waals surface area contributed by atoms with Crippen molar-refractivity contribution < 1.29 is 34.5 Å². The summed E-state index contributed by atoms with van der Waals surface area (Å²) >= 11 is 0. The van der Waals surface area contributed by atoms with Gasteiger partial charge < -0.3 is 29.8 Å². The van der Waals surface area contributed by atoms with Crippen molar-refractivity contribution in [2.24, 2.45) is 11.1 Å². The number of oxime groups is 1. The molecule has 0 saturated carbocycles. The standard InChI is InChI=1S/C18H26N2O5.C2H4O2/c1-12(21)20-10-8-13(9-11-20)4-6-15(19-23)14-5-7-16(24-2)18(25-3)17(14)22;1-2(3)4/h5,7,13,22-23H,4,6,8-11H2,1-3H3;1H3,(H,3,4). The van der Waals surface area contributed by atoms with Gasteiger partial charge in [0, 0.05) is 32.5 Å². The number of nitrogens with zero attached hydrogens (tertiary/aromatic N) is 2. The summed E-state index contributed by atoms with van der Waals surface area (Å²) in [5, 5.41) is 30.6. The minimum Gasteiger partial charge on any atom is -0.504 e. The molecule has 1 saturated heterocycles.